The summed E-state index contributed by atoms with van der Waals surface area (Å²) in [4.78, 5) is 38.3. The van der Waals surface area contributed by atoms with Crippen LogP contribution in [0.3, 0.4) is 0 Å². The molecule has 1 unspecified atom stereocenters. The number of hydrogen-bond acceptors (Lipinski definition) is 6. The van der Waals surface area contributed by atoms with E-state index in [9.17, 15) is 14.4 Å². The highest BCUT2D eigenvalue weighted by atomic mass is 16.6. The minimum atomic E-state index is -0.791. The summed E-state index contributed by atoms with van der Waals surface area (Å²) in [6.45, 7) is 6.53. The molecule has 0 aromatic carbocycles. The Morgan fingerprint density at radius 1 is 0.280 bits per heavy atom. The van der Waals surface area contributed by atoms with E-state index >= 15 is 0 Å². The van der Waals surface area contributed by atoms with Gasteiger partial charge in [-0.2, -0.15) is 0 Å². The SMILES string of the molecule is CC/C=C\C/C=C\C/C=C\C/C=C\CCCCCCCCC(=O)OC(COC(=O)CCCCCCCC/C=C\C/C=C\C/C=C\CCCCCCC)COC(=O)CCCCCCCCCCCCCCCCCCC. The molecule has 0 amide bonds. The summed E-state index contributed by atoms with van der Waals surface area (Å²) in [5.41, 5.74) is 0. The molecule has 1 atom stereocenters. The van der Waals surface area contributed by atoms with Gasteiger partial charge in [0.05, 0.1) is 0 Å². The van der Waals surface area contributed by atoms with E-state index < -0.39 is 6.10 Å². The van der Waals surface area contributed by atoms with Gasteiger partial charge in [-0.1, -0.05) is 286 Å². The monoisotopic (exact) mass is 1040 g/mol. The summed E-state index contributed by atoms with van der Waals surface area (Å²) in [5, 5.41) is 0. The minimum Gasteiger partial charge on any atom is -0.462 e. The highest BCUT2D eigenvalue weighted by molar-refractivity contribution is 5.71. The van der Waals surface area contributed by atoms with Crippen molar-refractivity contribution in [2.75, 3.05) is 13.2 Å². The van der Waals surface area contributed by atoms with Gasteiger partial charge in [0.15, 0.2) is 6.10 Å². The predicted molar refractivity (Wildman–Crippen MR) is 325 cm³/mol. The number of hydrogen-bond donors (Lipinski definition) is 0. The van der Waals surface area contributed by atoms with Gasteiger partial charge in [-0.05, 0) is 96.3 Å². The predicted octanol–water partition coefficient (Wildman–Crippen LogP) is 21.9. The molecular weight excluding hydrogens is 925 g/mol. The fraction of sp³-hybridized carbons (Fsp3) is 0.754. The van der Waals surface area contributed by atoms with Crippen molar-refractivity contribution in [2.45, 2.75) is 322 Å². The summed E-state index contributed by atoms with van der Waals surface area (Å²) < 4.78 is 16.9. The van der Waals surface area contributed by atoms with Crippen LogP contribution >= 0.6 is 0 Å². The Labute approximate surface area is 465 Å². The smallest absolute Gasteiger partial charge is 0.306 e. The van der Waals surface area contributed by atoms with Crippen molar-refractivity contribution in [3.63, 3.8) is 0 Å². The van der Waals surface area contributed by atoms with Crippen LogP contribution in [0.15, 0.2) is 85.1 Å². The van der Waals surface area contributed by atoms with Crippen molar-refractivity contribution < 1.29 is 28.6 Å². The van der Waals surface area contributed by atoms with Gasteiger partial charge in [0.1, 0.15) is 13.2 Å². The van der Waals surface area contributed by atoms with Crippen molar-refractivity contribution in [3.05, 3.63) is 85.1 Å². The number of carbonyl (C=O) groups excluding carboxylic acids is 3. The molecule has 432 valence electrons. The molecule has 0 aromatic rings. The van der Waals surface area contributed by atoms with Gasteiger partial charge < -0.3 is 14.2 Å². The molecular formula is C69H120O6. The van der Waals surface area contributed by atoms with Crippen LogP contribution in [-0.2, 0) is 28.6 Å². The van der Waals surface area contributed by atoms with Crippen LogP contribution in [0.5, 0.6) is 0 Å². The molecule has 0 N–H and O–H groups in total. The second-order valence-corrected chi connectivity index (χ2v) is 21.3. The van der Waals surface area contributed by atoms with E-state index in [4.69, 9.17) is 14.2 Å². The van der Waals surface area contributed by atoms with Crippen molar-refractivity contribution >= 4 is 17.9 Å². The Morgan fingerprint density at radius 3 is 0.813 bits per heavy atom. The average Bonchev–Trinajstić information content (AvgIpc) is 3.41. The standard InChI is InChI=1S/C69H120O6/c1-4-7-10-13-16-19-22-25-28-31-33-34-36-38-41-44-47-50-53-56-59-62-68(71)74-65-66(64-73-67(70)61-58-55-52-49-46-43-40-37-30-27-24-21-18-15-12-9-6-3)75-69(72)63-60-57-54-51-48-45-42-39-35-32-29-26-23-20-17-14-11-8-5-2/h8,11,17,20,22,25-26,29,31,33,35-36,38-39,66H,4-7,9-10,12-16,18-19,21,23-24,27-28,30,32,34,37,40-65H2,1-3H3/b11-8-,20-17-,25-22-,29-26-,33-31-,38-36-,39-35-. The number of unbranched alkanes of at least 4 members (excludes halogenated alkanes) is 33. The first-order valence-electron chi connectivity index (χ1n) is 32.1. The van der Waals surface area contributed by atoms with Gasteiger partial charge in [0, 0.05) is 19.3 Å². The molecule has 0 saturated carbocycles. The molecule has 0 radical (unpaired) electrons. The van der Waals surface area contributed by atoms with Gasteiger partial charge >= 0.3 is 17.9 Å². The molecule has 0 heterocycles. The van der Waals surface area contributed by atoms with Gasteiger partial charge in [-0.25, -0.2) is 0 Å². The maximum atomic E-state index is 12.9. The lowest BCUT2D eigenvalue weighted by Gasteiger charge is -2.18. The van der Waals surface area contributed by atoms with E-state index in [-0.39, 0.29) is 31.1 Å². The fourth-order valence-electron chi connectivity index (χ4n) is 9.09. The first-order chi connectivity index (χ1) is 37.0. The van der Waals surface area contributed by atoms with E-state index in [1.165, 1.54) is 161 Å². The molecule has 6 nitrogen and oxygen atoms in total. The molecule has 0 aliphatic heterocycles. The van der Waals surface area contributed by atoms with Crippen molar-refractivity contribution in [1.82, 2.24) is 0 Å². The topological polar surface area (TPSA) is 78.9 Å². The Kier molecular flexibility index (Phi) is 60.3. The van der Waals surface area contributed by atoms with E-state index in [1.807, 2.05) is 0 Å². The fourth-order valence-corrected chi connectivity index (χ4v) is 9.09. The molecule has 75 heavy (non-hydrogen) atoms. The molecule has 0 aliphatic carbocycles. The minimum absolute atomic E-state index is 0.0844. The van der Waals surface area contributed by atoms with Crippen LogP contribution in [-0.4, -0.2) is 37.2 Å². The largest absolute Gasteiger partial charge is 0.462 e. The van der Waals surface area contributed by atoms with Crippen molar-refractivity contribution in [1.29, 1.82) is 0 Å². The Morgan fingerprint density at radius 2 is 0.520 bits per heavy atom. The van der Waals surface area contributed by atoms with Crippen LogP contribution in [0.2, 0.25) is 0 Å². The Bertz CT molecular complexity index is 1430. The summed E-state index contributed by atoms with van der Waals surface area (Å²) >= 11 is 0. The van der Waals surface area contributed by atoms with Crippen LogP contribution < -0.4 is 0 Å². The molecule has 0 spiro atoms. The maximum absolute atomic E-state index is 12.9. The highest BCUT2D eigenvalue weighted by Gasteiger charge is 2.19. The zero-order valence-corrected chi connectivity index (χ0v) is 49.6. The number of ether oxygens (including phenoxy) is 3. The summed E-state index contributed by atoms with van der Waals surface area (Å²) in [7, 11) is 0. The number of allylic oxidation sites excluding steroid dienone is 14. The van der Waals surface area contributed by atoms with E-state index in [1.54, 1.807) is 0 Å². The summed E-state index contributed by atoms with van der Waals surface area (Å²) in [6, 6.07) is 0. The molecule has 0 fully saturated rings. The lowest BCUT2D eigenvalue weighted by atomic mass is 10.0. The molecule has 0 aliphatic rings. The Balaban J connectivity index is 4.42. The number of rotatable bonds is 58. The van der Waals surface area contributed by atoms with E-state index in [0.29, 0.717) is 19.3 Å². The summed E-state index contributed by atoms with van der Waals surface area (Å²) in [6.07, 6.45) is 82.9. The van der Waals surface area contributed by atoms with Crippen LogP contribution in [0, 0.1) is 0 Å². The number of carbonyl (C=O) groups is 3. The highest BCUT2D eigenvalue weighted by Crippen LogP contribution is 2.16. The third-order valence-electron chi connectivity index (χ3n) is 13.9. The van der Waals surface area contributed by atoms with Crippen LogP contribution in [0.25, 0.3) is 0 Å². The van der Waals surface area contributed by atoms with Crippen molar-refractivity contribution in [3.8, 4) is 0 Å². The average molecular weight is 1050 g/mol. The van der Waals surface area contributed by atoms with Gasteiger partial charge in [-0.3, -0.25) is 14.4 Å². The van der Waals surface area contributed by atoms with Crippen LogP contribution in [0.4, 0.5) is 0 Å². The molecule has 0 saturated heterocycles. The second-order valence-electron chi connectivity index (χ2n) is 21.3. The first-order valence-corrected chi connectivity index (χ1v) is 32.1. The van der Waals surface area contributed by atoms with E-state index in [2.05, 4.69) is 106 Å². The quantitative estimate of drug-likeness (QED) is 0.0261. The first kappa shape index (κ1) is 71.6. The van der Waals surface area contributed by atoms with Crippen molar-refractivity contribution in [2.24, 2.45) is 0 Å². The Hall–Kier alpha value is -3.41. The zero-order valence-electron chi connectivity index (χ0n) is 49.6. The molecule has 6 heteroatoms. The lowest BCUT2D eigenvalue weighted by Crippen LogP contribution is -2.30. The van der Waals surface area contributed by atoms with Gasteiger partial charge in [0.25, 0.3) is 0 Å². The third-order valence-corrected chi connectivity index (χ3v) is 13.9. The van der Waals surface area contributed by atoms with Crippen LogP contribution in [0.1, 0.15) is 316 Å². The maximum Gasteiger partial charge on any atom is 0.306 e. The lowest BCUT2D eigenvalue weighted by molar-refractivity contribution is -0.167. The molecule has 0 aromatic heterocycles. The molecule has 0 bridgehead atoms. The van der Waals surface area contributed by atoms with E-state index in [0.717, 1.165) is 116 Å². The number of esters is 3. The summed E-state index contributed by atoms with van der Waals surface area (Å²) in [5.74, 6) is -0.897. The normalized spacial score (nSPS) is 12.6. The van der Waals surface area contributed by atoms with Gasteiger partial charge in [-0.15, -0.1) is 0 Å². The second kappa shape index (κ2) is 63.1. The molecule has 0 rings (SSSR count). The van der Waals surface area contributed by atoms with Gasteiger partial charge in [0.2, 0.25) is 0 Å². The zero-order chi connectivity index (χ0) is 54.3. The third kappa shape index (κ3) is 61.3.